The van der Waals surface area contributed by atoms with Crippen molar-refractivity contribution in [1.82, 2.24) is 4.98 Å². The van der Waals surface area contributed by atoms with Gasteiger partial charge in [-0.1, -0.05) is 18.2 Å². The van der Waals surface area contributed by atoms with Gasteiger partial charge in [0.2, 0.25) is 17.3 Å². The Kier molecular flexibility index (Phi) is 5.80. The van der Waals surface area contributed by atoms with Gasteiger partial charge in [0, 0.05) is 5.56 Å². The normalized spacial score (nSPS) is 28.7. The largest absolute Gasteiger partial charge is 0.479 e. The van der Waals surface area contributed by atoms with Gasteiger partial charge in [-0.3, -0.25) is 19.8 Å². The van der Waals surface area contributed by atoms with Gasteiger partial charge in [-0.05, 0) is 17.4 Å². The van der Waals surface area contributed by atoms with Crippen LogP contribution in [0, 0.1) is 10.1 Å². The van der Waals surface area contributed by atoms with Crippen LogP contribution < -0.4 is 4.90 Å². The van der Waals surface area contributed by atoms with Crippen LogP contribution in [0.25, 0.3) is 0 Å². The number of aliphatic hydroxyl groups excluding tert-OH is 3. The number of carboxylic acid groups (broad SMARTS) is 1. The Balaban J connectivity index is 2.11. The summed E-state index contributed by atoms with van der Waals surface area (Å²) in [5, 5.41) is 60.9. The minimum Gasteiger partial charge on any atom is -0.479 e. The summed E-state index contributed by atoms with van der Waals surface area (Å²) in [4.78, 5) is 37.9. The SMILES string of the molecule is O=CN(c1ncc([N+](=O)[O-])s1)c1ccccc1[C@@]1(O)O[C@H](C(=O)O)[C@@H](O)[C@H](O)[C@H]1O. The number of carbonyl (C=O) groups excluding carboxylic acids is 1. The molecule has 13 nitrogen and oxygen atoms in total. The van der Waals surface area contributed by atoms with E-state index >= 15 is 0 Å². The Labute approximate surface area is 171 Å². The standard InChI is InChI=1S/C16H15N3O10S/c20-6-18(15-17-5-9(30-15)19(27)28)8-4-2-1-3-7(8)16(26)13(23)11(22)10(21)12(29-16)14(24)25/h1-6,10-13,21-23,26H,(H,24,25)/t10-,11-,12-,13+,16+/m0/s1. The van der Waals surface area contributed by atoms with E-state index in [2.05, 4.69) is 4.98 Å². The first-order chi connectivity index (χ1) is 14.1. The van der Waals surface area contributed by atoms with Crippen molar-refractivity contribution in [1.29, 1.82) is 0 Å². The molecule has 1 aliphatic rings. The Morgan fingerprint density at radius 2 is 1.97 bits per heavy atom. The van der Waals surface area contributed by atoms with Crippen molar-refractivity contribution in [3.8, 4) is 0 Å². The molecule has 160 valence electrons. The molecule has 1 fully saturated rings. The first kappa shape index (κ1) is 21.7. The van der Waals surface area contributed by atoms with Crippen molar-refractivity contribution in [2.75, 3.05) is 4.90 Å². The van der Waals surface area contributed by atoms with Crippen LogP contribution in [0.1, 0.15) is 5.56 Å². The summed E-state index contributed by atoms with van der Waals surface area (Å²) in [6.07, 6.45) is -7.31. The Morgan fingerprint density at radius 3 is 2.53 bits per heavy atom. The summed E-state index contributed by atoms with van der Waals surface area (Å²) < 4.78 is 5.06. The summed E-state index contributed by atoms with van der Waals surface area (Å²) in [6, 6.07) is 5.25. The van der Waals surface area contributed by atoms with Crippen LogP contribution in [0.5, 0.6) is 0 Å². The van der Waals surface area contributed by atoms with Crippen molar-refractivity contribution in [3.05, 3.63) is 46.1 Å². The molecule has 0 unspecified atom stereocenters. The molecule has 2 heterocycles. The van der Waals surface area contributed by atoms with Crippen molar-refractivity contribution in [2.45, 2.75) is 30.2 Å². The quantitative estimate of drug-likeness (QED) is 0.210. The molecule has 3 rings (SSSR count). The maximum atomic E-state index is 11.7. The highest BCUT2D eigenvalue weighted by Crippen LogP contribution is 2.43. The predicted molar refractivity (Wildman–Crippen MR) is 97.8 cm³/mol. The molecule has 14 heteroatoms. The second kappa shape index (κ2) is 8.02. The number of benzene rings is 1. The first-order valence-electron chi connectivity index (χ1n) is 8.23. The Morgan fingerprint density at radius 1 is 1.30 bits per heavy atom. The third-order valence-corrected chi connectivity index (χ3v) is 5.41. The molecule has 2 aromatic rings. The lowest BCUT2D eigenvalue weighted by Gasteiger charge is -2.45. The molecule has 0 spiro atoms. The summed E-state index contributed by atoms with van der Waals surface area (Å²) in [6.45, 7) is 0. The average molecular weight is 441 g/mol. The summed E-state index contributed by atoms with van der Waals surface area (Å²) in [5.74, 6) is -4.57. The number of nitro groups is 1. The molecule has 5 N–H and O–H groups in total. The lowest BCUT2D eigenvalue weighted by Crippen LogP contribution is -2.64. The number of aliphatic carboxylic acids is 1. The molecule has 5 atom stereocenters. The number of aromatic nitrogens is 1. The number of ether oxygens (including phenoxy) is 1. The number of thiazole rings is 1. The lowest BCUT2D eigenvalue weighted by atomic mass is 9.87. The third kappa shape index (κ3) is 3.51. The van der Waals surface area contributed by atoms with E-state index < -0.39 is 41.1 Å². The number of para-hydroxylation sites is 1. The van der Waals surface area contributed by atoms with Crippen molar-refractivity contribution in [2.24, 2.45) is 0 Å². The van der Waals surface area contributed by atoms with E-state index in [-0.39, 0.29) is 27.8 Å². The molecule has 0 saturated carbocycles. The zero-order chi connectivity index (χ0) is 22.2. The topological polar surface area (TPSA) is 204 Å². The molecule has 1 aromatic carbocycles. The van der Waals surface area contributed by atoms with E-state index in [1.165, 1.54) is 24.3 Å². The number of aliphatic hydroxyl groups is 4. The zero-order valence-corrected chi connectivity index (χ0v) is 15.6. The number of rotatable bonds is 6. The van der Waals surface area contributed by atoms with E-state index in [0.29, 0.717) is 11.3 Å². The fourth-order valence-corrected chi connectivity index (χ4v) is 3.71. The van der Waals surface area contributed by atoms with E-state index in [0.717, 1.165) is 11.1 Å². The smallest absolute Gasteiger partial charge is 0.345 e. The van der Waals surface area contributed by atoms with Crippen LogP contribution in [0.2, 0.25) is 0 Å². The molecule has 1 aliphatic heterocycles. The van der Waals surface area contributed by atoms with Crippen LogP contribution in [0.3, 0.4) is 0 Å². The van der Waals surface area contributed by atoms with E-state index in [4.69, 9.17) is 4.74 Å². The zero-order valence-electron chi connectivity index (χ0n) is 14.8. The molecule has 1 amide bonds. The molecule has 0 radical (unpaired) electrons. The van der Waals surface area contributed by atoms with E-state index in [1.807, 2.05) is 0 Å². The average Bonchev–Trinajstić information content (AvgIpc) is 3.20. The highest BCUT2D eigenvalue weighted by Gasteiger charge is 2.56. The fraction of sp³-hybridized carbons (Fsp3) is 0.312. The summed E-state index contributed by atoms with van der Waals surface area (Å²) >= 11 is 0.546. The number of hydrogen-bond donors (Lipinski definition) is 5. The lowest BCUT2D eigenvalue weighted by molar-refractivity contribution is -0.380. The van der Waals surface area contributed by atoms with Gasteiger partial charge in [0.25, 0.3) is 0 Å². The highest BCUT2D eigenvalue weighted by atomic mass is 32.1. The van der Waals surface area contributed by atoms with Gasteiger partial charge < -0.3 is 30.3 Å². The van der Waals surface area contributed by atoms with Crippen LogP contribution in [0.4, 0.5) is 15.8 Å². The monoisotopic (exact) mass is 441 g/mol. The van der Waals surface area contributed by atoms with Crippen LogP contribution in [-0.2, 0) is 20.1 Å². The minimum absolute atomic E-state index is 0.159. The van der Waals surface area contributed by atoms with Gasteiger partial charge in [0.15, 0.2) is 6.10 Å². The van der Waals surface area contributed by atoms with Crippen molar-refractivity contribution in [3.63, 3.8) is 0 Å². The molecular weight excluding hydrogens is 426 g/mol. The number of hydrogen-bond acceptors (Lipinski definition) is 11. The minimum atomic E-state index is -2.86. The van der Waals surface area contributed by atoms with Crippen LogP contribution in [0.15, 0.2) is 30.5 Å². The molecule has 0 aliphatic carbocycles. The predicted octanol–water partition coefficient (Wildman–Crippen LogP) is -0.943. The molecule has 1 aromatic heterocycles. The van der Waals surface area contributed by atoms with Gasteiger partial charge >= 0.3 is 11.0 Å². The second-order valence-corrected chi connectivity index (χ2v) is 7.22. The fourth-order valence-electron chi connectivity index (χ4n) is 2.99. The highest BCUT2D eigenvalue weighted by molar-refractivity contribution is 7.18. The third-order valence-electron chi connectivity index (χ3n) is 4.46. The summed E-state index contributed by atoms with van der Waals surface area (Å²) in [5.41, 5.74) is -0.509. The van der Waals surface area contributed by atoms with Gasteiger partial charge in [-0.15, -0.1) is 0 Å². The number of carboxylic acids is 1. The maximum absolute atomic E-state index is 11.7. The van der Waals surface area contributed by atoms with Crippen LogP contribution >= 0.6 is 11.3 Å². The molecular formula is C16H15N3O10S. The number of amides is 1. The molecule has 1 saturated heterocycles. The maximum Gasteiger partial charge on any atom is 0.345 e. The first-order valence-corrected chi connectivity index (χ1v) is 9.05. The van der Waals surface area contributed by atoms with Crippen molar-refractivity contribution < 1.29 is 44.8 Å². The number of carbonyl (C=O) groups is 2. The van der Waals surface area contributed by atoms with Gasteiger partial charge in [0.05, 0.1) is 10.6 Å². The molecule has 30 heavy (non-hydrogen) atoms. The Hall–Kier alpha value is -3.01. The van der Waals surface area contributed by atoms with Crippen molar-refractivity contribution >= 4 is 39.5 Å². The van der Waals surface area contributed by atoms with Gasteiger partial charge in [-0.25, -0.2) is 9.78 Å². The summed E-state index contributed by atoms with van der Waals surface area (Å²) in [7, 11) is 0. The number of anilines is 2. The van der Waals surface area contributed by atoms with Crippen LogP contribution in [-0.4, -0.2) is 72.2 Å². The number of nitrogens with zero attached hydrogens (tertiary/aromatic N) is 3. The van der Waals surface area contributed by atoms with Gasteiger partial charge in [-0.2, -0.15) is 0 Å². The van der Waals surface area contributed by atoms with E-state index in [1.54, 1.807) is 0 Å². The molecule has 0 bridgehead atoms. The Bertz CT molecular complexity index is 984. The van der Waals surface area contributed by atoms with E-state index in [9.17, 15) is 45.2 Å². The van der Waals surface area contributed by atoms with Gasteiger partial charge in [0.1, 0.15) is 24.5 Å². The second-order valence-electron chi connectivity index (χ2n) is 6.23.